The van der Waals surface area contributed by atoms with Crippen molar-refractivity contribution in [3.05, 3.63) is 28.3 Å². The Kier molecular flexibility index (Phi) is 3.01. The number of halogens is 1. The fourth-order valence-electron chi connectivity index (χ4n) is 1.16. The van der Waals surface area contributed by atoms with E-state index in [0.29, 0.717) is 16.1 Å². The molecule has 0 saturated carbocycles. The summed E-state index contributed by atoms with van der Waals surface area (Å²) in [6.07, 6.45) is 0. The zero-order valence-electron chi connectivity index (χ0n) is 7.91. The first-order valence-corrected chi connectivity index (χ1v) is 4.53. The lowest BCUT2D eigenvalue weighted by Gasteiger charge is -2.11. The minimum Gasteiger partial charge on any atom is -0.508 e. The maximum atomic E-state index is 10.7. The highest BCUT2D eigenvalue weighted by Crippen LogP contribution is 2.32. The van der Waals surface area contributed by atoms with Crippen molar-refractivity contribution in [2.45, 2.75) is 19.8 Å². The molecule has 0 bridgehead atoms. The molecule has 1 rings (SSSR count). The Balaban J connectivity index is 3.24. The first kappa shape index (κ1) is 10.9. The van der Waals surface area contributed by atoms with Crippen LogP contribution in [0.2, 0.25) is 5.02 Å². The van der Waals surface area contributed by atoms with E-state index in [0.717, 1.165) is 0 Å². The van der Waals surface area contributed by atoms with Gasteiger partial charge in [0.1, 0.15) is 5.75 Å². The number of hydrogen-bond donors (Lipinski definition) is 2. The van der Waals surface area contributed by atoms with E-state index < -0.39 is 11.9 Å². The lowest BCUT2D eigenvalue weighted by Crippen LogP contribution is -2.08. The van der Waals surface area contributed by atoms with Gasteiger partial charge >= 0.3 is 5.97 Å². The molecule has 2 N–H and O–H groups in total. The Morgan fingerprint density at radius 1 is 1.50 bits per heavy atom. The highest BCUT2D eigenvalue weighted by atomic mass is 35.5. The molecule has 0 heterocycles. The summed E-state index contributed by atoms with van der Waals surface area (Å²) in [5, 5.41) is 18.4. The van der Waals surface area contributed by atoms with Gasteiger partial charge in [-0.1, -0.05) is 17.7 Å². The molecule has 0 spiro atoms. The van der Waals surface area contributed by atoms with Crippen molar-refractivity contribution >= 4 is 17.6 Å². The van der Waals surface area contributed by atoms with Gasteiger partial charge < -0.3 is 10.2 Å². The van der Waals surface area contributed by atoms with Gasteiger partial charge in [0.25, 0.3) is 0 Å². The molecule has 1 aromatic carbocycles. The minimum absolute atomic E-state index is 0.0799. The molecule has 1 atom stereocenters. The summed E-state index contributed by atoms with van der Waals surface area (Å²) >= 11 is 5.91. The second kappa shape index (κ2) is 3.88. The average molecular weight is 215 g/mol. The third-order valence-electron chi connectivity index (χ3n) is 2.22. The summed E-state index contributed by atoms with van der Waals surface area (Å²) < 4.78 is 0. The lowest BCUT2D eigenvalue weighted by atomic mass is 9.99. The van der Waals surface area contributed by atoms with Crippen LogP contribution in [-0.2, 0) is 4.79 Å². The number of aromatic hydroxyl groups is 1. The maximum Gasteiger partial charge on any atom is 0.310 e. The summed E-state index contributed by atoms with van der Waals surface area (Å²) in [7, 11) is 0. The van der Waals surface area contributed by atoms with Crippen molar-refractivity contribution in [3.63, 3.8) is 0 Å². The third-order valence-corrected chi connectivity index (χ3v) is 2.73. The van der Waals surface area contributed by atoms with Gasteiger partial charge in [0.05, 0.1) is 10.9 Å². The summed E-state index contributed by atoms with van der Waals surface area (Å²) in [5.74, 6) is -1.52. The SMILES string of the molecule is Cc1c(O)ccc(C(C)C(=O)O)c1Cl. The Hall–Kier alpha value is -1.22. The molecule has 0 aliphatic heterocycles. The molecule has 0 aromatic heterocycles. The zero-order chi connectivity index (χ0) is 10.9. The van der Waals surface area contributed by atoms with Crippen LogP contribution in [0.4, 0.5) is 0 Å². The predicted octanol–water partition coefficient (Wildman–Crippen LogP) is 2.54. The summed E-state index contributed by atoms with van der Waals surface area (Å²) in [6.45, 7) is 3.20. The smallest absolute Gasteiger partial charge is 0.310 e. The van der Waals surface area contributed by atoms with Crippen LogP contribution in [0.15, 0.2) is 12.1 Å². The Labute approximate surface area is 86.9 Å². The van der Waals surface area contributed by atoms with Gasteiger partial charge in [-0.2, -0.15) is 0 Å². The predicted molar refractivity (Wildman–Crippen MR) is 53.9 cm³/mol. The van der Waals surface area contributed by atoms with Crippen molar-refractivity contribution < 1.29 is 15.0 Å². The molecular weight excluding hydrogens is 204 g/mol. The van der Waals surface area contributed by atoms with Crippen molar-refractivity contribution in [1.29, 1.82) is 0 Å². The van der Waals surface area contributed by atoms with E-state index in [9.17, 15) is 9.90 Å². The van der Waals surface area contributed by atoms with Gasteiger partial charge in [-0.25, -0.2) is 0 Å². The van der Waals surface area contributed by atoms with E-state index in [1.165, 1.54) is 12.1 Å². The first-order chi connectivity index (χ1) is 6.45. The number of carboxylic acids is 1. The van der Waals surface area contributed by atoms with Gasteiger partial charge in [-0.05, 0) is 25.5 Å². The number of rotatable bonds is 2. The average Bonchev–Trinajstić information content (AvgIpc) is 2.13. The van der Waals surface area contributed by atoms with Crippen LogP contribution in [0.3, 0.4) is 0 Å². The fourth-order valence-corrected chi connectivity index (χ4v) is 1.49. The Morgan fingerprint density at radius 3 is 2.57 bits per heavy atom. The lowest BCUT2D eigenvalue weighted by molar-refractivity contribution is -0.138. The molecule has 0 saturated heterocycles. The van der Waals surface area contributed by atoms with Crippen LogP contribution >= 0.6 is 11.6 Å². The van der Waals surface area contributed by atoms with Crippen molar-refractivity contribution in [1.82, 2.24) is 0 Å². The zero-order valence-corrected chi connectivity index (χ0v) is 8.67. The highest BCUT2D eigenvalue weighted by molar-refractivity contribution is 6.32. The molecule has 0 amide bonds. The third kappa shape index (κ3) is 1.82. The normalized spacial score (nSPS) is 12.5. The van der Waals surface area contributed by atoms with Gasteiger partial charge in [-0.15, -0.1) is 0 Å². The largest absolute Gasteiger partial charge is 0.508 e. The molecule has 0 aliphatic carbocycles. The summed E-state index contributed by atoms with van der Waals surface area (Å²) in [4.78, 5) is 10.7. The minimum atomic E-state index is -0.933. The molecule has 0 aliphatic rings. The van der Waals surface area contributed by atoms with E-state index in [1.54, 1.807) is 13.8 Å². The van der Waals surface area contributed by atoms with E-state index in [1.807, 2.05) is 0 Å². The van der Waals surface area contributed by atoms with E-state index in [-0.39, 0.29) is 5.75 Å². The molecule has 14 heavy (non-hydrogen) atoms. The Bertz CT molecular complexity index is 374. The number of carbonyl (C=O) groups is 1. The van der Waals surface area contributed by atoms with E-state index in [4.69, 9.17) is 16.7 Å². The molecule has 4 heteroatoms. The second-order valence-corrected chi connectivity index (χ2v) is 3.55. The van der Waals surface area contributed by atoms with Gasteiger partial charge in [0.2, 0.25) is 0 Å². The van der Waals surface area contributed by atoms with Crippen LogP contribution in [0.5, 0.6) is 5.75 Å². The van der Waals surface area contributed by atoms with Gasteiger partial charge in [0, 0.05) is 5.56 Å². The van der Waals surface area contributed by atoms with Crippen LogP contribution in [0.1, 0.15) is 24.0 Å². The topological polar surface area (TPSA) is 57.5 Å². The van der Waals surface area contributed by atoms with Crippen LogP contribution in [0.25, 0.3) is 0 Å². The van der Waals surface area contributed by atoms with Crippen molar-refractivity contribution in [2.24, 2.45) is 0 Å². The molecule has 0 fully saturated rings. The molecule has 3 nitrogen and oxygen atoms in total. The standard InChI is InChI=1S/C10H11ClO3/c1-5(10(13)14)7-3-4-8(12)6(2)9(7)11/h3-5,12H,1-2H3,(H,13,14). The number of phenolic OH excluding ortho intramolecular Hbond substituents is 1. The van der Waals surface area contributed by atoms with Gasteiger partial charge in [-0.3, -0.25) is 4.79 Å². The van der Waals surface area contributed by atoms with Crippen molar-refractivity contribution in [2.75, 3.05) is 0 Å². The van der Waals surface area contributed by atoms with Crippen molar-refractivity contribution in [3.8, 4) is 5.75 Å². The molecule has 76 valence electrons. The van der Waals surface area contributed by atoms with Crippen LogP contribution in [0, 0.1) is 6.92 Å². The van der Waals surface area contributed by atoms with Gasteiger partial charge in [0.15, 0.2) is 0 Å². The monoisotopic (exact) mass is 214 g/mol. The molecule has 1 aromatic rings. The molecule has 1 unspecified atom stereocenters. The van der Waals surface area contributed by atoms with E-state index in [2.05, 4.69) is 0 Å². The molecular formula is C10H11ClO3. The molecule has 0 radical (unpaired) electrons. The maximum absolute atomic E-state index is 10.7. The first-order valence-electron chi connectivity index (χ1n) is 4.16. The number of aliphatic carboxylic acids is 1. The quantitative estimate of drug-likeness (QED) is 0.796. The number of benzene rings is 1. The fraction of sp³-hybridized carbons (Fsp3) is 0.300. The number of hydrogen-bond acceptors (Lipinski definition) is 2. The Morgan fingerprint density at radius 2 is 2.07 bits per heavy atom. The summed E-state index contributed by atoms with van der Waals surface area (Å²) in [6, 6.07) is 2.99. The highest BCUT2D eigenvalue weighted by Gasteiger charge is 2.18. The number of carboxylic acid groups (broad SMARTS) is 1. The second-order valence-electron chi connectivity index (χ2n) is 3.17. The van der Waals surface area contributed by atoms with Crippen LogP contribution < -0.4 is 0 Å². The number of phenols is 1. The van der Waals surface area contributed by atoms with E-state index >= 15 is 0 Å². The van der Waals surface area contributed by atoms with Crippen LogP contribution in [-0.4, -0.2) is 16.2 Å². The summed E-state index contributed by atoms with van der Waals surface area (Å²) in [5.41, 5.74) is 1.03.